The van der Waals surface area contributed by atoms with Gasteiger partial charge in [0, 0.05) is 31.7 Å². The SMILES string of the molecule is COc1cccc(CNC(=O)NCC(C)(C)N2C[C@@H](C)O[C@H](C)C2)c1. The minimum absolute atomic E-state index is 0.125. The molecule has 2 atom stereocenters. The Labute approximate surface area is 150 Å². The summed E-state index contributed by atoms with van der Waals surface area (Å²) in [6, 6.07) is 7.52. The smallest absolute Gasteiger partial charge is 0.315 e. The molecule has 2 amide bonds. The predicted octanol–water partition coefficient (Wildman–Crippen LogP) is 2.38. The number of carbonyl (C=O) groups is 1. The second-order valence-corrected chi connectivity index (χ2v) is 7.36. The van der Waals surface area contributed by atoms with Crippen LogP contribution >= 0.6 is 0 Å². The molecule has 1 heterocycles. The largest absolute Gasteiger partial charge is 0.497 e. The highest BCUT2D eigenvalue weighted by atomic mass is 16.5. The van der Waals surface area contributed by atoms with Gasteiger partial charge in [0.05, 0.1) is 19.3 Å². The Morgan fingerprint density at radius 3 is 2.60 bits per heavy atom. The number of ether oxygens (including phenoxy) is 2. The molecule has 0 aromatic heterocycles. The van der Waals surface area contributed by atoms with Gasteiger partial charge in [0.1, 0.15) is 5.75 Å². The highest BCUT2D eigenvalue weighted by Crippen LogP contribution is 2.20. The molecule has 0 radical (unpaired) electrons. The fraction of sp³-hybridized carbons (Fsp3) is 0.632. The topological polar surface area (TPSA) is 62.8 Å². The number of benzene rings is 1. The van der Waals surface area contributed by atoms with Gasteiger partial charge in [-0.2, -0.15) is 0 Å². The molecular formula is C19H31N3O3. The van der Waals surface area contributed by atoms with Crippen molar-refractivity contribution >= 4 is 6.03 Å². The van der Waals surface area contributed by atoms with Gasteiger partial charge in [-0.05, 0) is 45.4 Å². The van der Waals surface area contributed by atoms with Crippen LogP contribution in [0.3, 0.4) is 0 Å². The van der Waals surface area contributed by atoms with Crippen molar-refractivity contribution in [1.29, 1.82) is 0 Å². The maximum atomic E-state index is 12.1. The van der Waals surface area contributed by atoms with Crippen LogP contribution in [0.15, 0.2) is 24.3 Å². The lowest BCUT2D eigenvalue weighted by atomic mass is 10.00. The molecule has 0 spiro atoms. The molecule has 0 bridgehead atoms. The first kappa shape index (κ1) is 19.5. The van der Waals surface area contributed by atoms with Gasteiger partial charge in [0.15, 0.2) is 0 Å². The maximum absolute atomic E-state index is 12.1. The normalized spacial score (nSPS) is 21.6. The summed E-state index contributed by atoms with van der Waals surface area (Å²) in [4.78, 5) is 14.5. The van der Waals surface area contributed by atoms with Crippen molar-refractivity contribution in [3.05, 3.63) is 29.8 Å². The summed E-state index contributed by atoms with van der Waals surface area (Å²) < 4.78 is 11.0. The Hall–Kier alpha value is -1.79. The first-order chi connectivity index (χ1) is 11.8. The van der Waals surface area contributed by atoms with E-state index in [2.05, 4.69) is 43.2 Å². The van der Waals surface area contributed by atoms with Crippen molar-refractivity contribution in [3.8, 4) is 5.75 Å². The molecule has 1 fully saturated rings. The van der Waals surface area contributed by atoms with Crippen molar-refractivity contribution in [3.63, 3.8) is 0 Å². The zero-order chi connectivity index (χ0) is 18.4. The third-order valence-corrected chi connectivity index (χ3v) is 4.54. The number of hydrogen-bond acceptors (Lipinski definition) is 4. The van der Waals surface area contributed by atoms with Crippen LogP contribution < -0.4 is 15.4 Å². The van der Waals surface area contributed by atoms with Crippen molar-refractivity contribution in [2.45, 2.75) is 52.0 Å². The van der Waals surface area contributed by atoms with Crippen LogP contribution in [0.4, 0.5) is 4.79 Å². The van der Waals surface area contributed by atoms with Gasteiger partial charge in [0.2, 0.25) is 0 Å². The first-order valence-corrected chi connectivity index (χ1v) is 8.85. The van der Waals surface area contributed by atoms with Gasteiger partial charge in [-0.3, -0.25) is 4.90 Å². The number of nitrogens with zero attached hydrogens (tertiary/aromatic N) is 1. The molecule has 6 heteroatoms. The fourth-order valence-corrected chi connectivity index (χ4v) is 3.11. The number of amides is 2. The van der Waals surface area contributed by atoms with Gasteiger partial charge in [-0.15, -0.1) is 0 Å². The number of rotatable bonds is 6. The van der Waals surface area contributed by atoms with Gasteiger partial charge in [-0.25, -0.2) is 4.79 Å². The molecular weight excluding hydrogens is 318 g/mol. The summed E-state index contributed by atoms with van der Waals surface area (Å²) in [7, 11) is 1.63. The molecule has 140 valence electrons. The van der Waals surface area contributed by atoms with Crippen LogP contribution in [0.2, 0.25) is 0 Å². The standard InChI is InChI=1S/C19H31N3O3/c1-14-11-22(12-15(2)25-14)19(3,4)13-21-18(23)20-10-16-7-6-8-17(9-16)24-5/h6-9,14-15H,10-13H2,1-5H3,(H2,20,21,23)/t14-,15-/m1/s1. The molecule has 0 unspecified atom stereocenters. The van der Waals surface area contributed by atoms with Crippen LogP contribution in [0.25, 0.3) is 0 Å². The van der Waals surface area contributed by atoms with Crippen LogP contribution in [0, 0.1) is 0 Å². The molecule has 1 aliphatic heterocycles. The summed E-state index contributed by atoms with van der Waals surface area (Å²) in [6.45, 7) is 11.3. The lowest BCUT2D eigenvalue weighted by Gasteiger charge is -2.45. The van der Waals surface area contributed by atoms with Crippen LogP contribution in [0.5, 0.6) is 5.75 Å². The Morgan fingerprint density at radius 1 is 1.28 bits per heavy atom. The van der Waals surface area contributed by atoms with Crippen molar-refractivity contribution in [2.75, 3.05) is 26.7 Å². The minimum Gasteiger partial charge on any atom is -0.497 e. The average molecular weight is 349 g/mol. The number of nitrogens with one attached hydrogen (secondary N) is 2. The van der Waals surface area contributed by atoms with Crippen LogP contribution in [0.1, 0.15) is 33.3 Å². The van der Waals surface area contributed by atoms with E-state index in [-0.39, 0.29) is 23.8 Å². The zero-order valence-electron chi connectivity index (χ0n) is 16.0. The van der Waals surface area contributed by atoms with E-state index in [9.17, 15) is 4.79 Å². The lowest BCUT2D eigenvalue weighted by molar-refractivity contribution is -0.0947. The number of morpholine rings is 1. The first-order valence-electron chi connectivity index (χ1n) is 8.85. The number of hydrogen-bond donors (Lipinski definition) is 2. The molecule has 6 nitrogen and oxygen atoms in total. The molecule has 0 aliphatic carbocycles. The quantitative estimate of drug-likeness (QED) is 0.828. The van der Waals surface area contributed by atoms with Crippen molar-refractivity contribution in [1.82, 2.24) is 15.5 Å². The van der Waals surface area contributed by atoms with E-state index in [1.807, 2.05) is 24.3 Å². The van der Waals surface area contributed by atoms with Crippen LogP contribution in [-0.4, -0.2) is 55.4 Å². The summed E-state index contributed by atoms with van der Waals surface area (Å²) in [5.41, 5.74) is 0.879. The van der Waals surface area contributed by atoms with Gasteiger partial charge >= 0.3 is 6.03 Å². The fourth-order valence-electron chi connectivity index (χ4n) is 3.11. The Bertz CT molecular complexity index is 567. The van der Waals surface area contributed by atoms with E-state index in [4.69, 9.17) is 9.47 Å². The third kappa shape index (κ3) is 5.90. The van der Waals surface area contributed by atoms with Crippen molar-refractivity contribution < 1.29 is 14.3 Å². The molecule has 1 saturated heterocycles. The summed E-state index contributed by atoms with van der Waals surface area (Å²) in [5.74, 6) is 0.788. The Morgan fingerprint density at radius 2 is 1.96 bits per heavy atom. The molecule has 0 saturated carbocycles. The van der Waals surface area contributed by atoms with E-state index < -0.39 is 0 Å². The van der Waals surface area contributed by atoms with Crippen LogP contribution in [-0.2, 0) is 11.3 Å². The summed E-state index contributed by atoms with van der Waals surface area (Å²) in [5, 5.41) is 5.88. The summed E-state index contributed by atoms with van der Waals surface area (Å²) >= 11 is 0. The number of carbonyl (C=O) groups excluding carboxylic acids is 1. The highest BCUT2D eigenvalue weighted by molar-refractivity contribution is 5.73. The third-order valence-electron chi connectivity index (χ3n) is 4.54. The van der Waals surface area contributed by atoms with E-state index >= 15 is 0 Å². The molecule has 25 heavy (non-hydrogen) atoms. The Balaban J connectivity index is 1.80. The molecule has 2 N–H and O–H groups in total. The lowest BCUT2D eigenvalue weighted by Crippen LogP contribution is -2.59. The second-order valence-electron chi connectivity index (χ2n) is 7.36. The predicted molar refractivity (Wildman–Crippen MR) is 98.9 cm³/mol. The van der Waals surface area contributed by atoms with Gasteiger partial charge in [-0.1, -0.05) is 12.1 Å². The summed E-state index contributed by atoms with van der Waals surface area (Å²) in [6.07, 6.45) is 0.426. The number of urea groups is 1. The van der Waals surface area contributed by atoms with E-state index in [1.165, 1.54) is 0 Å². The zero-order valence-corrected chi connectivity index (χ0v) is 16.0. The monoisotopic (exact) mass is 349 g/mol. The molecule has 2 rings (SSSR count). The van der Waals surface area contributed by atoms with E-state index in [0.29, 0.717) is 13.1 Å². The highest BCUT2D eigenvalue weighted by Gasteiger charge is 2.33. The van der Waals surface area contributed by atoms with Gasteiger partial charge < -0.3 is 20.1 Å². The van der Waals surface area contributed by atoms with E-state index in [0.717, 1.165) is 24.4 Å². The molecule has 1 aromatic rings. The van der Waals surface area contributed by atoms with E-state index in [1.54, 1.807) is 7.11 Å². The molecule has 1 aliphatic rings. The Kier molecular flexibility index (Phi) is 6.67. The maximum Gasteiger partial charge on any atom is 0.315 e. The second kappa shape index (κ2) is 8.54. The average Bonchev–Trinajstić information content (AvgIpc) is 2.57. The van der Waals surface area contributed by atoms with Gasteiger partial charge in [0.25, 0.3) is 0 Å². The minimum atomic E-state index is -0.162. The molecule has 1 aromatic carbocycles. The van der Waals surface area contributed by atoms with Crippen molar-refractivity contribution in [2.24, 2.45) is 0 Å². The number of methoxy groups -OCH3 is 1.